The van der Waals surface area contributed by atoms with Crippen molar-refractivity contribution in [2.75, 3.05) is 0 Å². The van der Waals surface area contributed by atoms with Crippen molar-refractivity contribution in [3.63, 3.8) is 0 Å². The molecule has 1 aromatic rings. The Labute approximate surface area is 126 Å². The molecule has 1 saturated heterocycles. The van der Waals surface area contributed by atoms with Gasteiger partial charge in [-0.15, -0.1) is 0 Å². The second-order valence-corrected chi connectivity index (χ2v) is 8.43. The first kappa shape index (κ1) is 13.9. The van der Waals surface area contributed by atoms with Gasteiger partial charge >= 0.3 is 126 Å². The van der Waals surface area contributed by atoms with Crippen LogP contribution in [0.2, 0.25) is 4.82 Å². The van der Waals surface area contributed by atoms with Gasteiger partial charge in [0.15, 0.2) is 0 Å². The van der Waals surface area contributed by atoms with Crippen LogP contribution < -0.4 is 4.46 Å². The predicted octanol–water partition coefficient (Wildman–Crippen LogP) is 2.87. The van der Waals surface area contributed by atoms with E-state index in [9.17, 15) is 4.79 Å². The summed E-state index contributed by atoms with van der Waals surface area (Å²) in [4.78, 5) is 12.4. The van der Waals surface area contributed by atoms with E-state index in [4.69, 9.17) is 4.74 Å². The molecule has 0 bridgehead atoms. The van der Waals surface area contributed by atoms with E-state index in [-0.39, 0.29) is 31.3 Å². The molecule has 1 heterocycles. The molecule has 0 aromatic heterocycles. The molecule has 3 rings (SSSR count). The molecular formula is C17H20O2Se. The number of benzene rings is 1. The fourth-order valence-electron chi connectivity index (χ4n) is 3.09. The third kappa shape index (κ3) is 2.45. The predicted molar refractivity (Wildman–Crippen MR) is 81.2 cm³/mol. The second-order valence-electron chi connectivity index (χ2n) is 5.88. The van der Waals surface area contributed by atoms with Gasteiger partial charge in [0.1, 0.15) is 0 Å². The van der Waals surface area contributed by atoms with Gasteiger partial charge in [0.2, 0.25) is 0 Å². The van der Waals surface area contributed by atoms with Gasteiger partial charge in [-0.1, -0.05) is 0 Å². The molecule has 20 heavy (non-hydrogen) atoms. The van der Waals surface area contributed by atoms with Gasteiger partial charge in [-0.25, -0.2) is 0 Å². The minimum atomic E-state index is -0.224. The average molecular weight is 335 g/mol. The van der Waals surface area contributed by atoms with Crippen molar-refractivity contribution in [2.24, 2.45) is 5.92 Å². The molecule has 0 amide bonds. The van der Waals surface area contributed by atoms with E-state index in [1.54, 1.807) is 0 Å². The Morgan fingerprint density at radius 3 is 2.70 bits per heavy atom. The summed E-state index contributed by atoms with van der Waals surface area (Å²) in [6.07, 6.45) is 5.20. The molecule has 2 nitrogen and oxygen atoms in total. The van der Waals surface area contributed by atoms with E-state index < -0.39 is 0 Å². The van der Waals surface area contributed by atoms with Gasteiger partial charge in [-0.3, -0.25) is 0 Å². The normalized spacial score (nSPS) is 33.1. The van der Waals surface area contributed by atoms with Crippen LogP contribution in [0.5, 0.6) is 0 Å². The van der Waals surface area contributed by atoms with E-state index >= 15 is 0 Å². The summed E-state index contributed by atoms with van der Waals surface area (Å²) < 4.78 is 7.15. The molecule has 0 unspecified atom stereocenters. The summed E-state index contributed by atoms with van der Waals surface area (Å²) in [6, 6.07) is 10.4. The molecule has 1 aliphatic heterocycles. The van der Waals surface area contributed by atoms with Crippen LogP contribution in [0, 0.1) is 5.92 Å². The summed E-state index contributed by atoms with van der Waals surface area (Å²) in [6.45, 7) is 4.37. The van der Waals surface area contributed by atoms with E-state index in [1.807, 2.05) is 18.2 Å². The monoisotopic (exact) mass is 336 g/mol. The van der Waals surface area contributed by atoms with Crippen LogP contribution in [-0.4, -0.2) is 26.5 Å². The standard InChI is InChI=1S/C17H20O2Se/c1-12-8-10-17(11-9-12)13(2)15(16(18)19-17)20-14-6-4-3-5-7-14/h3-8,13,15H,9-11H2,1-2H3/t13-,15+,17+/m1/s1. The molecule has 1 aliphatic carbocycles. The third-order valence-corrected chi connectivity index (χ3v) is 7.50. The Hall–Kier alpha value is -1.05. The van der Waals surface area contributed by atoms with Crippen LogP contribution in [0.15, 0.2) is 42.0 Å². The Morgan fingerprint density at radius 1 is 1.30 bits per heavy atom. The first-order chi connectivity index (χ1) is 9.61. The van der Waals surface area contributed by atoms with Crippen molar-refractivity contribution >= 4 is 25.4 Å². The van der Waals surface area contributed by atoms with E-state index in [0.717, 1.165) is 19.3 Å². The summed E-state index contributed by atoms with van der Waals surface area (Å²) in [5.41, 5.74) is 1.20. The maximum absolute atomic E-state index is 12.3. The Kier molecular flexibility index (Phi) is 3.74. The van der Waals surface area contributed by atoms with Crippen molar-refractivity contribution in [3.05, 3.63) is 42.0 Å². The van der Waals surface area contributed by atoms with Crippen molar-refractivity contribution in [3.8, 4) is 0 Å². The van der Waals surface area contributed by atoms with Crippen molar-refractivity contribution in [1.29, 1.82) is 0 Å². The number of esters is 1. The van der Waals surface area contributed by atoms with Gasteiger partial charge in [-0.2, -0.15) is 0 Å². The Morgan fingerprint density at radius 2 is 2.05 bits per heavy atom. The van der Waals surface area contributed by atoms with Gasteiger partial charge in [-0.05, 0) is 0 Å². The topological polar surface area (TPSA) is 26.3 Å². The fourth-order valence-corrected chi connectivity index (χ4v) is 5.62. The van der Waals surface area contributed by atoms with E-state index in [0.29, 0.717) is 5.92 Å². The molecule has 0 radical (unpaired) electrons. The average Bonchev–Trinajstić information content (AvgIpc) is 2.68. The first-order valence-corrected chi connectivity index (χ1v) is 9.05. The number of hydrogen-bond donors (Lipinski definition) is 0. The van der Waals surface area contributed by atoms with E-state index in [1.165, 1.54) is 10.0 Å². The van der Waals surface area contributed by atoms with Crippen molar-refractivity contribution < 1.29 is 9.53 Å². The molecule has 3 atom stereocenters. The summed E-state index contributed by atoms with van der Waals surface area (Å²) in [5, 5.41) is 0. The number of carbonyl (C=O) groups excluding carboxylic acids is 1. The van der Waals surface area contributed by atoms with Gasteiger partial charge in [0.25, 0.3) is 0 Å². The molecule has 1 fully saturated rings. The van der Waals surface area contributed by atoms with Crippen molar-refractivity contribution in [1.82, 2.24) is 0 Å². The van der Waals surface area contributed by atoms with Crippen LogP contribution in [0.4, 0.5) is 0 Å². The van der Waals surface area contributed by atoms with Crippen LogP contribution >= 0.6 is 0 Å². The zero-order valence-electron chi connectivity index (χ0n) is 12.0. The zero-order chi connectivity index (χ0) is 14.2. The molecule has 1 aromatic carbocycles. The van der Waals surface area contributed by atoms with Crippen LogP contribution in [-0.2, 0) is 9.53 Å². The molecule has 0 N–H and O–H groups in total. The van der Waals surface area contributed by atoms with Crippen LogP contribution in [0.3, 0.4) is 0 Å². The Balaban J connectivity index is 1.79. The third-order valence-electron chi connectivity index (χ3n) is 4.56. The number of allylic oxidation sites excluding steroid dienone is 1. The first-order valence-electron chi connectivity index (χ1n) is 7.21. The van der Waals surface area contributed by atoms with Gasteiger partial charge in [0.05, 0.1) is 0 Å². The van der Waals surface area contributed by atoms with Gasteiger partial charge in [0, 0.05) is 0 Å². The Bertz CT molecular complexity index is 537. The number of rotatable bonds is 2. The molecule has 3 heteroatoms. The number of ether oxygens (including phenoxy) is 1. The second kappa shape index (κ2) is 5.38. The SMILES string of the molecule is CC1=CC[C@@]2(CC1)OC(=O)[C@@H]([Se]c1ccccc1)[C@H]2C. The molecule has 106 valence electrons. The number of carbonyl (C=O) groups is 1. The van der Waals surface area contributed by atoms with Crippen LogP contribution in [0.1, 0.15) is 33.1 Å². The summed E-state index contributed by atoms with van der Waals surface area (Å²) in [7, 11) is 0. The van der Waals surface area contributed by atoms with Gasteiger partial charge < -0.3 is 0 Å². The molecule has 1 spiro atoms. The molecule has 0 saturated carbocycles. The summed E-state index contributed by atoms with van der Waals surface area (Å²) in [5.74, 6) is 0.342. The summed E-state index contributed by atoms with van der Waals surface area (Å²) >= 11 is 0.164. The quantitative estimate of drug-likeness (QED) is 0.472. The minimum absolute atomic E-state index is 0.0225. The molecular weight excluding hydrogens is 315 g/mol. The van der Waals surface area contributed by atoms with Crippen molar-refractivity contribution in [2.45, 2.75) is 43.5 Å². The number of hydrogen-bond acceptors (Lipinski definition) is 2. The van der Waals surface area contributed by atoms with Crippen LogP contribution in [0.25, 0.3) is 0 Å². The van der Waals surface area contributed by atoms with E-state index in [2.05, 4.69) is 32.1 Å². The maximum atomic E-state index is 12.3. The fraction of sp³-hybridized carbons (Fsp3) is 0.471. The zero-order valence-corrected chi connectivity index (χ0v) is 13.7. The molecule has 2 aliphatic rings.